The number of thioether (sulfide) groups is 1. The summed E-state index contributed by atoms with van der Waals surface area (Å²) in [7, 11) is 0. The molecule has 0 aromatic heterocycles. The van der Waals surface area contributed by atoms with Crippen LogP contribution in [0.3, 0.4) is 0 Å². The molecule has 98 valence electrons. The summed E-state index contributed by atoms with van der Waals surface area (Å²) in [6, 6.07) is 4.35. The van der Waals surface area contributed by atoms with Gasteiger partial charge in [-0.15, -0.1) is 11.8 Å². The predicted octanol–water partition coefficient (Wildman–Crippen LogP) is 0.955. The van der Waals surface area contributed by atoms with E-state index in [1.165, 1.54) is 11.8 Å². The quantitative estimate of drug-likeness (QED) is 0.545. The van der Waals surface area contributed by atoms with Crippen molar-refractivity contribution in [1.82, 2.24) is 5.32 Å². The topological polar surface area (TPSA) is 107 Å². The summed E-state index contributed by atoms with van der Waals surface area (Å²) in [5, 5.41) is 1.98. The van der Waals surface area contributed by atoms with E-state index < -0.39 is 11.9 Å². The minimum Gasteiger partial charge on any atom is -0.494 e. The number of nitrogens with one attached hydrogen (secondary N) is 1. The second-order valence-corrected chi connectivity index (χ2v) is 4.35. The molecule has 0 spiro atoms. The molecule has 0 unspecified atom stereocenters. The normalized spacial score (nSPS) is 9.83. The zero-order valence-electron chi connectivity index (χ0n) is 9.93. The van der Waals surface area contributed by atoms with E-state index in [-0.39, 0.29) is 5.75 Å². The van der Waals surface area contributed by atoms with Crippen molar-refractivity contribution < 1.29 is 14.3 Å². The first-order valence-corrected chi connectivity index (χ1v) is 6.26. The Kier molecular flexibility index (Phi) is 5.31. The number of hydrogen-bond donors (Lipinski definition) is 3. The Balaban J connectivity index is 2.63. The van der Waals surface area contributed by atoms with Crippen LogP contribution in [0, 0.1) is 0 Å². The first-order valence-electron chi connectivity index (χ1n) is 5.27. The molecule has 5 N–H and O–H groups in total. The maximum Gasteiger partial charge on any atom is 0.318 e. The number of nitrogens with two attached hydrogens (primary N) is 2. The maximum atomic E-state index is 11.2. The third-order valence-corrected chi connectivity index (χ3v) is 2.99. The van der Waals surface area contributed by atoms with E-state index in [0.717, 1.165) is 4.90 Å². The monoisotopic (exact) mass is 269 g/mol. The zero-order valence-corrected chi connectivity index (χ0v) is 10.8. The standard InChI is InChI=1S/C11H15N3O3S/c1-2-17-7-3-4-8(12)9(5-7)18-6-10(15)14-11(13)16/h3-5H,2,6,12H2,1H3,(H3,13,14,15,16). The molecule has 0 saturated carbocycles. The first-order chi connectivity index (χ1) is 8.52. The minimum atomic E-state index is -0.864. The smallest absolute Gasteiger partial charge is 0.318 e. The second kappa shape index (κ2) is 6.75. The average Bonchev–Trinajstić information content (AvgIpc) is 2.29. The molecule has 1 rings (SSSR count). The molecular formula is C11H15N3O3S. The van der Waals surface area contributed by atoms with Crippen LogP contribution in [-0.4, -0.2) is 24.3 Å². The third-order valence-electron chi connectivity index (χ3n) is 1.92. The van der Waals surface area contributed by atoms with Crippen LogP contribution in [0.15, 0.2) is 23.1 Å². The van der Waals surface area contributed by atoms with Gasteiger partial charge in [0.2, 0.25) is 5.91 Å². The number of nitrogen functional groups attached to an aromatic ring is 1. The van der Waals surface area contributed by atoms with Gasteiger partial charge in [-0.3, -0.25) is 10.1 Å². The van der Waals surface area contributed by atoms with E-state index in [1.807, 2.05) is 12.2 Å². The van der Waals surface area contributed by atoms with Gasteiger partial charge < -0.3 is 16.2 Å². The number of carbonyl (C=O) groups excluding carboxylic acids is 2. The number of anilines is 1. The van der Waals surface area contributed by atoms with Crippen LogP contribution in [0.5, 0.6) is 5.75 Å². The van der Waals surface area contributed by atoms with E-state index in [4.69, 9.17) is 16.2 Å². The Hall–Kier alpha value is -1.89. The lowest BCUT2D eigenvalue weighted by atomic mass is 10.3. The Bertz CT molecular complexity index is 451. The number of ether oxygens (including phenoxy) is 1. The molecule has 7 heteroatoms. The fraction of sp³-hybridized carbons (Fsp3) is 0.273. The van der Waals surface area contributed by atoms with Gasteiger partial charge in [0, 0.05) is 10.6 Å². The summed E-state index contributed by atoms with van der Waals surface area (Å²) in [5.74, 6) is 0.279. The van der Waals surface area contributed by atoms with Crippen LogP contribution in [0.1, 0.15) is 6.92 Å². The largest absolute Gasteiger partial charge is 0.494 e. The van der Waals surface area contributed by atoms with Crippen LogP contribution in [-0.2, 0) is 4.79 Å². The Morgan fingerprint density at radius 2 is 2.17 bits per heavy atom. The molecule has 0 radical (unpaired) electrons. The molecule has 1 aromatic carbocycles. The van der Waals surface area contributed by atoms with E-state index in [0.29, 0.717) is 18.0 Å². The number of amides is 3. The van der Waals surface area contributed by atoms with E-state index >= 15 is 0 Å². The lowest BCUT2D eigenvalue weighted by molar-refractivity contribution is -0.117. The van der Waals surface area contributed by atoms with Crippen molar-refractivity contribution in [3.05, 3.63) is 18.2 Å². The minimum absolute atomic E-state index is 0.0583. The molecule has 6 nitrogen and oxygen atoms in total. The summed E-state index contributed by atoms with van der Waals surface area (Å²) in [5.41, 5.74) is 11.2. The summed E-state index contributed by atoms with van der Waals surface area (Å²) >= 11 is 1.21. The fourth-order valence-corrected chi connectivity index (χ4v) is 2.01. The van der Waals surface area contributed by atoms with Gasteiger partial charge in [0.15, 0.2) is 0 Å². The summed E-state index contributed by atoms with van der Waals surface area (Å²) in [4.78, 5) is 22.4. The first kappa shape index (κ1) is 14.2. The second-order valence-electron chi connectivity index (χ2n) is 3.33. The highest BCUT2D eigenvalue weighted by atomic mass is 32.2. The van der Waals surface area contributed by atoms with Gasteiger partial charge in [-0.25, -0.2) is 4.79 Å². The maximum absolute atomic E-state index is 11.2. The van der Waals surface area contributed by atoms with E-state index in [2.05, 4.69) is 0 Å². The highest BCUT2D eigenvalue weighted by Crippen LogP contribution is 2.29. The Labute approximate surface area is 109 Å². The summed E-state index contributed by atoms with van der Waals surface area (Å²) in [6.45, 7) is 2.43. The molecular weight excluding hydrogens is 254 g/mol. The zero-order chi connectivity index (χ0) is 13.5. The van der Waals surface area contributed by atoms with E-state index in [9.17, 15) is 9.59 Å². The van der Waals surface area contributed by atoms with E-state index in [1.54, 1.807) is 18.2 Å². The number of carbonyl (C=O) groups is 2. The number of primary amides is 1. The molecule has 0 aliphatic heterocycles. The predicted molar refractivity (Wildman–Crippen MR) is 70.5 cm³/mol. The molecule has 0 bridgehead atoms. The SMILES string of the molecule is CCOc1ccc(N)c(SCC(=O)NC(N)=O)c1. The van der Waals surface area contributed by atoms with Crippen molar-refractivity contribution in [2.45, 2.75) is 11.8 Å². The van der Waals surface area contributed by atoms with Crippen LogP contribution < -0.4 is 21.5 Å². The van der Waals surface area contributed by atoms with Gasteiger partial charge in [0.25, 0.3) is 0 Å². The highest BCUT2D eigenvalue weighted by molar-refractivity contribution is 8.00. The van der Waals surface area contributed by atoms with Crippen molar-refractivity contribution in [3.8, 4) is 5.75 Å². The van der Waals surface area contributed by atoms with Gasteiger partial charge >= 0.3 is 6.03 Å². The number of rotatable bonds is 5. The molecule has 0 aliphatic rings. The number of imide groups is 1. The molecule has 0 atom stereocenters. The number of urea groups is 1. The molecule has 18 heavy (non-hydrogen) atoms. The molecule has 0 saturated heterocycles. The number of benzene rings is 1. The van der Waals surface area contributed by atoms with Crippen molar-refractivity contribution in [3.63, 3.8) is 0 Å². The van der Waals surface area contributed by atoms with Gasteiger partial charge in [-0.05, 0) is 25.1 Å². The van der Waals surface area contributed by atoms with Crippen LogP contribution in [0.2, 0.25) is 0 Å². The van der Waals surface area contributed by atoms with Crippen molar-refractivity contribution >= 4 is 29.4 Å². The van der Waals surface area contributed by atoms with Gasteiger partial charge in [-0.2, -0.15) is 0 Å². The summed E-state index contributed by atoms with van der Waals surface area (Å²) in [6.07, 6.45) is 0. The van der Waals surface area contributed by atoms with Gasteiger partial charge in [0.05, 0.1) is 12.4 Å². The van der Waals surface area contributed by atoms with Crippen LogP contribution >= 0.6 is 11.8 Å². The highest BCUT2D eigenvalue weighted by Gasteiger charge is 2.08. The van der Waals surface area contributed by atoms with Crippen molar-refractivity contribution in [2.24, 2.45) is 5.73 Å². The molecule has 3 amide bonds. The molecule has 0 heterocycles. The van der Waals surface area contributed by atoms with Crippen LogP contribution in [0.25, 0.3) is 0 Å². The van der Waals surface area contributed by atoms with Crippen LogP contribution in [0.4, 0.5) is 10.5 Å². The van der Waals surface area contributed by atoms with Crippen molar-refractivity contribution in [1.29, 1.82) is 0 Å². The van der Waals surface area contributed by atoms with Gasteiger partial charge in [0.1, 0.15) is 5.75 Å². The average molecular weight is 269 g/mol. The molecule has 0 fully saturated rings. The van der Waals surface area contributed by atoms with Crippen molar-refractivity contribution in [2.75, 3.05) is 18.1 Å². The molecule has 1 aromatic rings. The Morgan fingerprint density at radius 1 is 1.44 bits per heavy atom. The molecule has 0 aliphatic carbocycles. The number of hydrogen-bond acceptors (Lipinski definition) is 5. The lowest BCUT2D eigenvalue weighted by Crippen LogP contribution is -2.36. The lowest BCUT2D eigenvalue weighted by Gasteiger charge is -2.08. The van der Waals surface area contributed by atoms with Gasteiger partial charge in [-0.1, -0.05) is 0 Å². The Morgan fingerprint density at radius 3 is 2.78 bits per heavy atom. The fourth-order valence-electron chi connectivity index (χ4n) is 1.21. The third kappa shape index (κ3) is 4.54. The summed E-state index contributed by atoms with van der Waals surface area (Å²) < 4.78 is 5.33.